The quantitative estimate of drug-likeness (QED) is 0.539. The molecule has 0 aliphatic carbocycles. The fourth-order valence-electron chi connectivity index (χ4n) is 2.86. The zero-order valence-corrected chi connectivity index (χ0v) is 17.8. The van der Waals surface area contributed by atoms with E-state index >= 15 is 0 Å². The number of rotatable bonds is 9. The second-order valence-corrected chi connectivity index (χ2v) is 8.21. The second kappa shape index (κ2) is 9.80. The number of aryl methyl sites for hydroxylation is 1. The lowest BCUT2D eigenvalue weighted by Gasteiger charge is -2.20. The van der Waals surface area contributed by atoms with Crippen molar-refractivity contribution in [1.29, 1.82) is 0 Å². The third-order valence-corrected chi connectivity index (χ3v) is 5.80. The summed E-state index contributed by atoms with van der Waals surface area (Å²) < 4.78 is 18.8. The number of halogens is 1. The fraction of sp³-hybridized carbons (Fsp3) is 0.364. The van der Waals surface area contributed by atoms with Gasteiger partial charge in [-0.2, -0.15) is 0 Å². The molecule has 0 aliphatic heterocycles. The number of amides is 1. The molecule has 0 aliphatic rings. The summed E-state index contributed by atoms with van der Waals surface area (Å²) in [5.41, 5.74) is 2.52. The van der Waals surface area contributed by atoms with Crippen molar-refractivity contribution in [1.82, 2.24) is 15.2 Å². The standard InChI is InChI=1S/C22H26FN3O2S/c1-4-16(3)24-22(27)19-14-28-21(25-19)13-26(12-20-15(2)9-10-29-20)11-17-5-7-18(23)8-6-17/h5-10,14,16H,4,11-13H2,1-3H3,(H,24,27). The largest absolute Gasteiger partial charge is 0.447 e. The van der Waals surface area contributed by atoms with E-state index in [-0.39, 0.29) is 23.5 Å². The Bertz CT molecular complexity index is 936. The number of nitrogens with one attached hydrogen (secondary N) is 1. The van der Waals surface area contributed by atoms with Crippen molar-refractivity contribution in [2.24, 2.45) is 0 Å². The van der Waals surface area contributed by atoms with Crippen molar-refractivity contribution in [2.45, 2.75) is 52.9 Å². The molecule has 154 valence electrons. The predicted octanol–water partition coefficient (Wildman–Crippen LogP) is 4.91. The third kappa shape index (κ3) is 5.98. The Hall–Kier alpha value is -2.51. The van der Waals surface area contributed by atoms with Crippen LogP contribution in [0.25, 0.3) is 0 Å². The molecule has 7 heteroatoms. The average molecular weight is 416 g/mol. The van der Waals surface area contributed by atoms with Crippen LogP contribution < -0.4 is 5.32 Å². The molecule has 1 N–H and O–H groups in total. The molecule has 0 saturated heterocycles. The number of benzene rings is 1. The highest BCUT2D eigenvalue weighted by molar-refractivity contribution is 7.10. The van der Waals surface area contributed by atoms with Gasteiger partial charge in [0.15, 0.2) is 5.69 Å². The lowest BCUT2D eigenvalue weighted by atomic mass is 10.2. The molecule has 3 rings (SSSR count). The Morgan fingerprint density at radius 3 is 2.66 bits per heavy atom. The summed E-state index contributed by atoms with van der Waals surface area (Å²) in [6, 6.07) is 8.67. The summed E-state index contributed by atoms with van der Waals surface area (Å²) in [6.45, 7) is 7.84. The highest BCUT2D eigenvalue weighted by Gasteiger charge is 2.17. The van der Waals surface area contributed by atoms with E-state index in [4.69, 9.17) is 4.42 Å². The monoisotopic (exact) mass is 415 g/mol. The van der Waals surface area contributed by atoms with Crippen LogP contribution in [0.15, 0.2) is 46.4 Å². The minimum Gasteiger partial charge on any atom is -0.447 e. The first kappa shape index (κ1) is 21.2. The van der Waals surface area contributed by atoms with Gasteiger partial charge in [0.05, 0.1) is 6.54 Å². The highest BCUT2D eigenvalue weighted by Crippen LogP contribution is 2.21. The first-order valence-corrected chi connectivity index (χ1v) is 10.6. The van der Waals surface area contributed by atoms with Crippen LogP contribution in [0.4, 0.5) is 4.39 Å². The first-order valence-electron chi connectivity index (χ1n) is 9.69. The van der Waals surface area contributed by atoms with Gasteiger partial charge in [-0.05, 0) is 55.0 Å². The number of oxazole rings is 1. The van der Waals surface area contributed by atoms with Gasteiger partial charge in [0.25, 0.3) is 5.91 Å². The Kier molecular flexibility index (Phi) is 7.17. The lowest BCUT2D eigenvalue weighted by Crippen LogP contribution is -2.32. The Morgan fingerprint density at radius 1 is 1.24 bits per heavy atom. The number of thiophene rings is 1. The second-order valence-electron chi connectivity index (χ2n) is 7.21. The number of nitrogens with zero attached hydrogens (tertiary/aromatic N) is 2. The third-order valence-electron chi connectivity index (χ3n) is 4.79. The molecule has 1 unspecified atom stereocenters. The molecule has 1 amide bonds. The number of carbonyl (C=O) groups is 1. The smallest absolute Gasteiger partial charge is 0.273 e. The predicted molar refractivity (Wildman–Crippen MR) is 112 cm³/mol. The zero-order valence-electron chi connectivity index (χ0n) is 16.9. The van der Waals surface area contributed by atoms with E-state index in [0.717, 1.165) is 18.5 Å². The van der Waals surface area contributed by atoms with Crippen molar-refractivity contribution in [3.05, 3.63) is 75.4 Å². The van der Waals surface area contributed by atoms with Crippen molar-refractivity contribution >= 4 is 17.2 Å². The molecular formula is C22H26FN3O2S. The number of hydrogen-bond acceptors (Lipinski definition) is 5. The van der Waals surface area contributed by atoms with Crippen molar-refractivity contribution in [3.63, 3.8) is 0 Å². The van der Waals surface area contributed by atoms with Crippen LogP contribution in [0.5, 0.6) is 0 Å². The van der Waals surface area contributed by atoms with Crippen LogP contribution in [0, 0.1) is 12.7 Å². The first-order chi connectivity index (χ1) is 13.9. The Labute approximate surface area is 174 Å². The molecule has 2 heterocycles. The Morgan fingerprint density at radius 2 is 2.00 bits per heavy atom. The molecule has 3 aromatic rings. The van der Waals surface area contributed by atoms with E-state index < -0.39 is 0 Å². The van der Waals surface area contributed by atoms with Gasteiger partial charge in [-0.25, -0.2) is 9.37 Å². The van der Waals surface area contributed by atoms with Gasteiger partial charge in [0, 0.05) is 24.0 Å². The van der Waals surface area contributed by atoms with Gasteiger partial charge < -0.3 is 9.73 Å². The maximum absolute atomic E-state index is 13.2. The minimum absolute atomic E-state index is 0.0828. The van der Waals surface area contributed by atoms with Crippen molar-refractivity contribution in [2.75, 3.05) is 0 Å². The van der Waals surface area contributed by atoms with Gasteiger partial charge in [-0.15, -0.1) is 11.3 Å². The van der Waals surface area contributed by atoms with Crippen LogP contribution >= 0.6 is 11.3 Å². The maximum Gasteiger partial charge on any atom is 0.273 e. The fourth-order valence-corrected chi connectivity index (χ4v) is 3.81. The topological polar surface area (TPSA) is 58.4 Å². The van der Waals surface area contributed by atoms with E-state index in [2.05, 4.69) is 33.6 Å². The van der Waals surface area contributed by atoms with Gasteiger partial charge >= 0.3 is 0 Å². The van der Waals surface area contributed by atoms with E-state index in [1.807, 2.05) is 13.8 Å². The highest BCUT2D eigenvalue weighted by atomic mass is 32.1. The molecule has 5 nitrogen and oxygen atoms in total. The molecule has 0 spiro atoms. The zero-order chi connectivity index (χ0) is 20.8. The molecule has 0 radical (unpaired) electrons. The van der Waals surface area contributed by atoms with Gasteiger partial charge in [-0.1, -0.05) is 19.1 Å². The summed E-state index contributed by atoms with van der Waals surface area (Å²) in [7, 11) is 0. The molecule has 2 aromatic heterocycles. The Balaban J connectivity index is 1.73. The average Bonchev–Trinajstić information content (AvgIpc) is 3.33. The summed E-state index contributed by atoms with van der Waals surface area (Å²) in [5, 5.41) is 4.97. The number of carbonyl (C=O) groups excluding carboxylic acids is 1. The molecule has 1 atom stereocenters. The van der Waals surface area contributed by atoms with Crippen molar-refractivity contribution in [3.8, 4) is 0 Å². The van der Waals surface area contributed by atoms with E-state index in [9.17, 15) is 9.18 Å². The number of hydrogen-bond donors (Lipinski definition) is 1. The normalized spacial score (nSPS) is 12.3. The van der Waals surface area contributed by atoms with Crippen LogP contribution in [-0.4, -0.2) is 21.8 Å². The SMILES string of the molecule is CCC(C)NC(=O)c1coc(CN(Cc2ccc(F)cc2)Cc2sccc2C)n1. The van der Waals surface area contributed by atoms with Gasteiger partial charge in [0.2, 0.25) is 5.89 Å². The molecule has 0 saturated carbocycles. The van der Waals surface area contributed by atoms with E-state index in [1.165, 1.54) is 28.8 Å². The molecular weight excluding hydrogens is 389 g/mol. The van der Waals surface area contributed by atoms with Crippen LogP contribution in [0.2, 0.25) is 0 Å². The van der Waals surface area contributed by atoms with Crippen LogP contribution in [-0.2, 0) is 19.6 Å². The lowest BCUT2D eigenvalue weighted by molar-refractivity contribution is 0.0934. The summed E-state index contributed by atoms with van der Waals surface area (Å²) in [5.74, 6) is 0.00298. The number of aromatic nitrogens is 1. The molecule has 0 bridgehead atoms. The van der Waals surface area contributed by atoms with Gasteiger partial charge in [-0.3, -0.25) is 9.69 Å². The summed E-state index contributed by atoms with van der Waals surface area (Å²) in [4.78, 5) is 20.1. The van der Waals surface area contributed by atoms with Crippen molar-refractivity contribution < 1.29 is 13.6 Å². The van der Waals surface area contributed by atoms with E-state index in [1.54, 1.807) is 23.5 Å². The van der Waals surface area contributed by atoms with Crippen LogP contribution in [0.3, 0.4) is 0 Å². The van der Waals surface area contributed by atoms with Crippen LogP contribution in [0.1, 0.15) is 52.7 Å². The summed E-state index contributed by atoms with van der Waals surface area (Å²) >= 11 is 1.70. The molecule has 1 aromatic carbocycles. The minimum atomic E-state index is -0.251. The maximum atomic E-state index is 13.2. The summed E-state index contributed by atoms with van der Waals surface area (Å²) in [6.07, 6.45) is 2.25. The van der Waals surface area contributed by atoms with E-state index in [0.29, 0.717) is 19.0 Å². The van der Waals surface area contributed by atoms with Gasteiger partial charge in [0.1, 0.15) is 12.1 Å². The molecule has 0 fully saturated rings. The molecule has 29 heavy (non-hydrogen) atoms.